The highest BCUT2D eigenvalue weighted by Gasteiger charge is 2.17. The van der Waals surface area contributed by atoms with Crippen LogP contribution in [-0.4, -0.2) is 27.7 Å². The van der Waals surface area contributed by atoms with Gasteiger partial charge in [-0.1, -0.05) is 0 Å². The molecule has 0 bridgehead atoms. The van der Waals surface area contributed by atoms with Gasteiger partial charge in [-0.05, 0) is 13.8 Å². The zero-order valence-corrected chi connectivity index (χ0v) is 9.74. The molecule has 0 aliphatic rings. The Kier molecular flexibility index (Phi) is 2.38. The molecule has 0 atom stereocenters. The second-order valence-corrected chi connectivity index (χ2v) is 3.67. The minimum Gasteiger partial charge on any atom is -0.495 e. The minimum atomic E-state index is -0.0606. The van der Waals surface area contributed by atoms with Crippen LogP contribution < -0.4 is 4.74 Å². The molecule has 16 heavy (non-hydrogen) atoms. The van der Waals surface area contributed by atoms with Crippen molar-refractivity contribution in [2.45, 2.75) is 13.8 Å². The van der Waals surface area contributed by atoms with E-state index in [1.807, 2.05) is 14.0 Å². The van der Waals surface area contributed by atoms with E-state index in [-0.39, 0.29) is 5.78 Å². The fourth-order valence-electron chi connectivity index (χ4n) is 1.84. The molecule has 0 saturated carbocycles. The van der Waals surface area contributed by atoms with Gasteiger partial charge >= 0.3 is 0 Å². The fourth-order valence-corrected chi connectivity index (χ4v) is 1.84. The Hall–Kier alpha value is -1.91. The lowest BCUT2D eigenvalue weighted by atomic mass is 10.1. The lowest BCUT2D eigenvalue weighted by Crippen LogP contribution is -2.00. The van der Waals surface area contributed by atoms with Crippen LogP contribution in [0.4, 0.5) is 0 Å². The van der Waals surface area contributed by atoms with Crippen LogP contribution in [0.2, 0.25) is 0 Å². The average molecular weight is 219 g/mol. The largest absolute Gasteiger partial charge is 0.495 e. The number of methoxy groups -OCH3 is 1. The van der Waals surface area contributed by atoms with Crippen LogP contribution >= 0.6 is 0 Å². The summed E-state index contributed by atoms with van der Waals surface area (Å²) in [5, 5.41) is 5.07. The predicted octanol–water partition coefficient (Wildman–Crippen LogP) is 1.49. The molecular formula is C11H13N3O2. The van der Waals surface area contributed by atoms with Crippen molar-refractivity contribution in [2.75, 3.05) is 7.11 Å². The fraction of sp³-hybridized carbons (Fsp3) is 0.364. The highest BCUT2D eigenvalue weighted by Crippen LogP contribution is 2.30. The van der Waals surface area contributed by atoms with E-state index >= 15 is 0 Å². The normalized spacial score (nSPS) is 10.8. The summed E-state index contributed by atoms with van der Waals surface area (Å²) in [5.41, 5.74) is 2.02. The van der Waals surface area contributed by atoms with Crippen LogP contribution in [0.25, 0.3) is 11.0 Å². The molecule has 0 saturated heterocycles. The zero-order chi connectivity index (χ0) is 11.9. The lowest BCUT2D eigenvalue weighted by molar-refractivity contribution is 0.101. The SMILES string of the molecule is COc1c(C(C)=O)cnc2c1c(C)nn2C. The van der Waals surface area contributed by atoms with Crippen LogP contribution in [0.3, 0.4) is 0 Å². The lowest BCUT2D eigenvalue weighted by Gasteiger charge is -2.06. The summed E-state index contributed by atoms with van der Waals surface area (Å²) < 4.78 is 6.98. The number of ether oxygens (including phenoxy) is 1. The molecule has 0 spiro atoms. The minimum absolute atomic E-state index is 0.0606. The first-order chi connectivity index (χ1) is 7.56. The van der Waals surface area contributed by atoms with Crippen molar-refractivity contribution in [1.29, 1.82) is 0 Å². The molecule has 0 aliphatic heterocycles. The van der Waals surface area contributed by atoms with Crippen molar-refractivity contribution in [3.63, 3.8) is 0 Å². The summed E-state index contributed by atoms with van der Waals surface area (Å²) in [7, 11) is 3.36. The molecule has 0 fully saturated rings. The molecule has 84 valence electrons. The number of ketones is 1. The molecule has 2 aromatic rings. The predicted molar refractivity (Wildman–Crippen MR) is 59.8 cm³/mol. The van der Waals surface area contributed by atoms with Gasteiger partial charge in [0.15, 0.2) is 11.4 Å². The number of nitrogens with zero attached hydrogens (tertiary/aromatic N) is 3. The summed E-state index contributed by atoms with van der Waals surface area (Å²) in [5.74, 6) is 0.498. The maximum Gasteiger partial charge on any atom is 0.165 e. The maximum atomic E-state index is 11.4. The number of carbonyl (C=O) groups is 1. The third-order valence-electron chi connectivity index (χ3n) is 2.56. The number of Topliss-reactive ketones (excluding diaryl/α,β-unsaturated/α-hetero) is 1. The van der Waals surface area contributed by atoms with E-state index in [9.17, 15) is 4.79 Å². The van der Waals surface area contributed by atoms with E-state index in [0.29, 0.717) is 11.3 Å². The Morgan fingerprint density at radius 3 is 2.75 bits per heavy atom. The molecule has 2 rings (SSSR count). The summed E-state index contributed by atoms with van der Waals surface area (Å²) in [4.78, 5) is 15.7. The molecule has 2 aromatic heterocycles. The second kappa shape index (κ2) is 3.59. The number of hydrogen-bond donors (Lipinski definition) is 0. The summed E-state index contributed by atoms with van der Waals surface area (Å²) in [6.07, 6.45) is 1.53. The Morgan fingerprint density at radius 1 is 1.50 bits per heavy atom. The van der Waals surface area contributed by atoms with Crippen molar-refractivity contribution in [1.82, 2.24) is 14.8 Å². The highest BCUT2D eigenvalue weighted by molar-refractivity contribution is 6.02. The molecule has 0 amide bonds. The molecule has 0 aromatic carbocycles. The smallest absolute Gasteiger partial charge is 0.165 e. The van der Waals surface area contributed by atoms with Crippen LogP contribution in [0.5, 0.6) is 5.75 Å². The number of hydrogen-bond acceptors (Lipinski definition) is 4. The Morgan fingerprint density at radius 2 is 2.19 bits per heavy atom. The second-order valence-electron chi connectivity index (χ2n) is 3.67. The zero-order valence-electron chi connectivity index (χ0n) is 9.74. The topological polar surface area (TPSA) is 57.0 Å². The monoisotopic (exact) mass is 219 g/mol. The first-order valence-electron chi connectivity index (χ1n) is 4.93. The first kappa shape index (κ1) is 10.6. The number of aromatic nitrogens is 3. The van der Waals surface area contributed by atoms with Crippen LogP contribution in [0.15, 0.2) is 6.20 Å². The molecule has 5 nitrogen and oxygen atoms in total. The van der Waals surface area contributed by atoms with Crippen LogP contribution in [0, 0.1) is 6.92 Å². The average Bonchev–Trinajstić information content (AvgIpc) is 2.53. The third-order valence-corrected chi connectivity index (χ3v) is 2.56. The van der Waals surface area contributed by atoms with Gasteiger partial charge in [-0.3, -0.25) is 9.48 Å². The number of rotatable bonds is 2. The quantitative estimate of drug-likeness (QED) is 0.718. The number of fused-ring (bicyclic) bond motifs is 1. The van der Waals surface area contributed by atoms with Crippen molar-refractivity contribution < 1.29 is 9.53 Å². The molecular weight excluding hydrogens is 206 g/mol. The van der Waals surface area contributed by atoms with E-state index in [2.05, 4.69) is 10.1 Å². The van der Waals surface area contributed by atoms with Gasteiger partial charge in [0.25, 0.3) is 0 Å². The molecule has 0 radical (unpaired) electrons. The summed E-state index contributed by atoms with van der Waals surface area (Å²) >= 11 is 0. The van der Waals surface area contributed by atoms with Gasteiger partial charge in [0, 0.05) is 13.2 Å². The van der Waals surface area contributed by atoms with Crippen LogP contribution in [0.1, 0.15) is 23.0 Å². The Labute approximate surface area is 93.0 Å². The molecule has 0 aliphatic carbocycles. The van der Waals surface area contributed by atoms with Gasteiger partial charge < -0.3 is 4.74 Å². The summed E-state index contributed by atoms with van der Waals surface area (Å²) in [6.45, 7) is 3.37. The van der Waals surface area contributed by atoms with Gasteiger partial charge in [0.2, 0.25) is 0 Å². The van der Waals surface area contributed by atoms with E-state index in [1.165, 1.54) is 13.1 Å². The Balaban J connectivity index is 2.90. The van der Waals surface area contributed by atoms with E-state index in [4.69, 9.17) is 4.74 Å². The Bertz CT molecular complexity index is 572. The van der Waals surface area contributed by atoms with Gasteiger partial charge in [0.1, 0.15) is 5.75 Å². The van der Waals surface area contributed by atoms with E-state index in [0.717, 1.165) is 16.7 Å². The standard InChI is InChI=1S/C11H13N3O2/c1-6-9-10(16-4)8(7(2)15)5-12-11(9)14(3)13-6/h5H,1-4H3. The van der Waals surface area contributed by atoms with Crippen molar-refractivity contribution in [2.24, 2.45) is 7.05 Å². The maximum absolute atomic E-state index is 11.4. The highest BCUT2D eigenvalue weighted by atomic mass is 16.5. The molecule has 0 N–H and O–H groups in total. The number of carbonyl (C=O) groups excluding carboxylic acids is 1. The third kappa shape index (κ3) is 1.36. The van der Waals surface area contributed by atoms with Crippen LogP contribution in [-0.2, 0) is 7.05 Å². The van der Waals surface area contributed by atoms with Gasteiger partial charge in [0.05, 0.1) is 23.8 Å². The van der Waals surface area contributed by atoms with Gasteiger partial charge in [-0.25, -0.2) is 4.98 Å². The van der Waals surface area contributed by atoms with Crippen molar-refractivity contribution >= 4 is 16.8 Å². The first-order valence-corrected chi connectivity index (χ1v) is 4.93. The van der Waals surface area contributed by atoms with Crippen molar-refractivity contribution in [3.8, 4) is 5.75 Å². The molecule has 0 unspecified atom stereocenters. The van der Waals surface area contributed by atoms with E-state index < -0.39 is 0 Å². The van der Waals surface area contributed by atoms with E-state index in [1.54, 1.807) is 11.8 Å². The van der Waals surface area contributed by atoms with Gasteiger partial charge in [-0.2, -0.15) is 5.10 Å². The molecule has 2 heterocycles. The molecule has 5 heteroatoms. The summed E-state index contributed by atoms with van der Waals surface area (Å²) in [6, 6.07) is 0. The van der Waals surface area contributed by atoms with Crippen molar-refractivity contribution in [3.05, 3.63) is 17.5 Å². The van der Waals surface area contributed by atoms with Gasteiger partial charge in [-0.15, -0.1) is 0 Å². The number of aryl methyl sites for hydroxylation is 2. The number of pyridine rings is 1.